The van der Waals surface area contributed by atoms with Gasteiger partial charge in [0.05, 0.1) is 0 Å². The predicted octanol–water partition coefficient (Wildman–Crippen LogP) is 3.43. The summed E-state index contributed by atoms with van der Waals surface area (Å²) in [7, 11) is 0. The lowest BCUT2D eigenvalue weighted by Gasteiger charge is -2.22. The van der Waals surface area contributed by atoms with Gasteiger partial charge in [0.25, 0.3) is 5.91 Å². The van der Waals surface area contributed by atoms with Gasteiger partial charge in [-0.2, -0.15) is 0 Å². The van der Waals surface area contributed by atoms with Crippen molar-refractivity contribution in [2.75, 3.05) is 11.9 Å². The molecule has 1 unspecified atom stereocenters. The van der Waals surface area contributed by atoms with Gasteiger partial charge in [0, 0.05) is 12.3 Å². The van der Waals surface area contributed by atoms with E-state index in [4.69, 9.17) is 17.0 Å². The number of benzene rings is 1. The van der Waals surface area contributed by atoms with Crippen molar-refractivity contribution in [3.63, 3.8) is 0 Å². The highest BCUT2D eigenvalue weighted by molar-refractivity contribution is 7.80. The molecule has 1 aromatic carbocycles. The van der Waals surface area contributed by atoms with Crippen LogP contribution < -0.4 is 16.2 Å². The number of carbonyl (C=O) groups excluding carboxylic acids is 1. The highest BCUT2D eigenvalue weighted by Crippen LogP contribution is 2.32. The quantitative estimate of drug-likeness (QED) is 0.574. The first-order valence-corrected chi connectivity index (χ1v) is 8.92. The summed E-state index contributed by atoms with van der Waals surface area (Å²) in [6.45, 7) is 9.25. The Balaban J connectivity index is 2.03. The molecule has 5 nitrogen and oxygen atoms in total. The smallest absolute Gasteiger partial charge is 0.267 e. The average Bonchev–Trinajstić information content (AvgIpc) is 3.06. The molecule has 3 N–H and O–H groups in total. The van der Waals surface area contributed by atoms with Crippen LogP contribution in [0.3, 0.4) is 0 Å². The van der Waals surface area contributed by atoms with Gasteiger partial charge in [0.1, 0.15) is 6.10 Å². The zero-order valence-electron chi connectivity index (χ0n) is 14.8. The number of hydrogen-bond donors (Lipinski definition) is 3. The second kappa shape index (κ2) is 8.44. The van der Waals surface area contributed by atoms with E-state index in [9.17, 15) is 4.79 Å². The monoisotopic (exact) mass is 349 g/mol. The molecule has 0 aromatic heterocycles. The van der Waals surface area contributed by atoms with Gasteiger partial charge in [-0.25, -0.2) is 0 Å². The zero-order valence-corrected chi connectivity index (χ0v) is 15.6. The van der Waals surface area contributed by atoms with E-state index in [0.29, 0.717) is 23.6 Å². The number of amides is 1. The third-order valence-corrected chi connectivity index (χ3v) is 4.34. The summed E-state index contributed by atoms with van der Waals surface area (Å²) in [5, 5.41) is 3.62. The Labute approximate surface area is 149 Å². The maximum Gasteiger partial charge on any atom is 0.267 e. The lowest BCUT2D eigenvalue weighted by molar-refractivity contribution is -0.130. The molecule has 0 radical (unpaired) electrons. The van der Waals surface area contributed by atoms with E-state index < -0.39 is 0 Å². The van der Waals surface area contributed by atoms with Crippen molar-refractivity contribution in [3.05, 3.63) is 29.3 Å². The van der Waals surface area contributed by atoms with Crippen molar-refractivity contribution in [1.29, 1.82) is 0 Å². The van der Waals surface area contributed by atoms with Crippen molar-refractivity contribution in [3.8, 4) is 0 Å². The molecule has 0 spiro atoms. The third kappa shape index (κ3) is 4.68. The molecule has 1 atom stereocenters. The number of hydrogen-bond acceptors (Lipinski definition) is 3. The molecule has 0 aliphatic carbocycles. The van der Waals surface area contributed by atoms with Crippen molar-refractivity contribution < 1.29 is 9.53 Å². The van der Waals surface area contributed by atoms with Crippen molar-refractivity contribution in [2.45, 2.75) is 58.5 Å². The van der Waals surface area contributed by atoms with Crippen molar-refractivity contribution in [1.82, 2.24) is 10.9 Å². The molecule has 0 saturated carbocycles. The van der Waals surface area contributed by atoms with Crippen LogP contribution in [0.4, 0.5) is 5.69 Å². The molecule has 132 valence electrons. The molecule has 2 rings (SSSR count). The SMILES string of the molecule is CC(C)c1cccc(C(C)C)c1NC(=S)NNC(=O)C1CCCO1. The van der Waals surface area contributed by atoms with Gasteiger partial charge in [-0.1, -0.05) is 45.9 Å². The Hall–Kier alpha value is -1.66. The number of nitrogens with one attached hydrogen (secondary N) is 3. The summed E-state index contributed by atoms with van der Waals surface area (Å²) in [4.78, 5) is 12.0. The first-order valence-electron chi connectivity index (χ1n) is 8.51. The Kier molecular flexibility index (Phi) is 6.57. The largest absolute Gasteiger partial charge is 0.368 e. The number of thiocarbonyl (C=S) groups is 1. The van der Waals surface area contributed by atoms with E-state index in [0.717, 1.165) is 18.5 Å². The second-order valence-corrected chi connectivity index (χ2v) is 7.10. The molecule has 1 heterocycles. The van der Waals surface area contributed by atoms with Crippen LogP contribution in [-0.2, 0) is 9.53 Å². The zero-order chi connectivity index (χ0) is 17.7. The summed E-state index contributed by atoms with van der Waals surface area (Å²) < 4.78 is 5.35. The number of anilines is 1. The minimum absolute atomic E-state index is 0.183. The van der Waals surface area contributed by atoms with Gasteiger partial charge < -0.3 is 10.1 Å². The number of ether oxygens (including phenoxy) is 1. The number of hydrazine groups is 1. The molecule has 24 heavy (non-hydrogen) atoms. The Morgan fingerprint density at radius 1 is 1.17 bits per heavy atom. The van der Waals surface area contributed by atoms with Crippen LogP contribution in [0.2, 0.25) is 0 Å². The maximum absolute atomic E-state index is 12.0. The summed E-state index contributed by atoms with van der Waals surface area (Å²) in [6.07, 6.45) is 1.29. The van der Waals surface area contributed by atoms with E-state index in [1.165, 1.54) is 11.1 Å². The topological polar surface area (TPSA) is 62.4 Å². The van der Waals surface area contributed by atoms with Gasteiger partial charge >= 0.3 is 0 Å². The van der Waals surface area contributed by atoms with E-state index in [-0.39, 0.29) is 12.0 Å². The maximum atomic E-state index is 12.0. The highest BCUT2D eigenvalue weighted by atomic mass is 32.1. The molecule has 1 aromatic rings. The Bertz CT molecular complexity index is 570. The lowest BCUT2D eigenvalue weighted by atomic mass is 9.93. The molecule has 6 heteroatoms. The first kappa shape index (κ1) is 18.7. The molecule has 1 aliphatic rings. The Morgan fingerprint density at radius 3 is 2.29 bits per heavy atom. The fraction of sp³-hybridized carbons (Fsp3) is 0.556. The van der Waals surface area contributed by atoms with E-state index in [1.807, 2.05) is 0 Å². The number of rotatable bonds is 4. The van der Waals surface area contributed by atoms with Gasteiger partial charge in [-0.15, -0.1) is 0 Å². The molecule has 1 saturated heterocycles. The summed E-state index contributed by atoms with van der Waals surface area (Å²) >= 11 is 5.34. The lowest BCUT2D eigenvalue weighted by Crippen LogP contribution is -2.47. The van der Waals surface area contributed by atoms with Crippen LogP contribution in [0.5, 0.6) is 0 Å². The highest BCUT2D eigenvalue weighted by Gasteiger charge is 2.23. The van der Waals surface area contributed by atoms with Crippen LogP contribution >= 0.6 is 12.2 Å². The standard InChI is InChI=1S/C18H27N3O2S/c1-11(2)13-7-5-8-14(12(3)4)16(13)19-18(24)21-20-17(22)15-9-6-10-23-15/h5,7-8,11-12,15H,6,9-10H2,1-4H3,(H,20,22)(H2,19,21,24). The van der Waals surface area contributed by atoms with Gasteiger partial charge in [-0.05, 0) is 48.0 Å². The van der Waals surface area contributed by atoms with Gasteiger partial charge in [-0.3, -0.25) is 15.6 Å². The molecule has 1 fully saturated rings. The summed E-state index contributed by atoms with van der Waals surface area (Å²) in [5.74, 6) is 0.559. The molecule has 0 bridgehead atoms. The van der Waals surface area contributed by atoms with Crippen molar-refractivity contribution >= 4 is 28.9 Å². The van der Waals surface area contributed by atoms with Crippen LogP contribution in [0.25, 0.3) is 0 Å². The molecule has 1 amide bonds. The fourth-order valence-corrected chi connectivity index (χ4v) is 2.98. The minimum Gasteiger partial charge on any atom is -0.368 e. The van der Waals surface area contributed by atoms with Crippen LogP contribution in [0.15, 0.2) is 18.2 Å². The first-order chi connectivity index (χ1) is 11.4. The third-order valence-electron chi connectivity index (χ3n) is 4.13. The van der Waals surface area contributed by atoms with Crippen LogP contribution in [-0.4, -0.2) is 23.7 Å². The van der Waals surface area contributed by atoms with E-state index >= 15 is 0 Å². The predicted molar refractivity (Wildman–Crippen MR) is 101 cm³/mol. The molecular formula is C18H27N3O2S. The fourth-order valence-electron chi connectivity index (χ4n) is 2.82. The normalized spacial score (nSPS) is 17.2. The van der Waals surface area contributed by atoms with E-state index in [1.54, 1.807) is 0 Å². The van der Waals surface area contributed by atoms with E-state index in [2.05, 4.69) is 62.1 Å². The summed E-state index contributed by atoms with van der Waals surface area (Å²) in [6, 6.07) is 6.28. The molecule has 1 aliphatic heterocycles. The Morgan fingerprint density at radius 2 is 1.79 bits per heavy atom. The average molecular weight is 350 g/mol. The number of carbonyl (C=O) groups is 1. The van der Waals surface area contributed by atoms with Crippen molar-refractivity contribution in [2.24, 2.45) is 0 Å². The van der Waals surface area contributed by atoms with Crippen LogP contribution in [0.1, 0.15) is 63.5 Å². The number of para-hydroxylation sites is 1. The molecular weight excluding hydrogens is 322 g/mol. The second-order valence-electron chi connectivity index (χ2n) is 6.69. The van der Waals surface area contributed by atoms with Crippen LogP contribution in [0, 0.1) is 0 Å². The van der Waals surface area contributed by atoms with Gasteiger partial charge in [0.2, 0.25) is 0 Å². The minimum atomic E-state index is -0.380. The van der Waals surface area contributed by atoms with Gasteiger partial charge in [0.15, 0.2) is 5.11 Å². The summed E-state index contributed by atoms with van der Waals surface area (Å²) in [5.41, 5.74) is 8.83.